The molecule has 10 heterocycles. The quantitative estimate of drug-likeness (QED) is 0.0851. The van der Waals surface area contributed by atoms with Crippen molar-refractivity contribution in [2.75, 3.05) is 0 Å². The van der Waals surface area contributed by atoms with E-state index in [1.165, 1.54) is 157 Å². The Morgan fingerprint density at radius 1 is 0.354 bits per heavy atom. The minimum atomic E-state index is 0.0776. The molecule has 17 rings (SSSR count). The second-order valence-electron chi connectivity index (χ2n) is 36.4. The summed E-state index contributed by atoms with van der Waals surface area (Å²) in [6.45, 7) is 58.2. The summed E-state index contributed by atoms with van der Waals surface area (Å²) in [5, 5.41) is 5.04. The Bertz CT molecular complexity index is 6990. The van der Waals surface area contributed by atoms with Crippen LogP contribution in [0.15, 0.2) is 263 Å². The van der Waals surface area contributed by atoms with Gasteiger partial charge in [-0.25, -0.2) is 42.2 Å². The zero-order chi connectivity index (χ0) is 91.5. The molecule has 0 saturated carbocycles. The van der Waals surface area contributed by atoms with E-state index in [9.17, 15) is 0 Å². The Morgan fingerprint density at radius 3 is 1.14 bits per heavy atom. The molecule has 646 valence electrons. The molecular formula is C111H130N16+8. The van der Waals surface area contributed by atoms with Gasteiger partial charge in [-0.05, 0) is 185 Å². The SMILES string of the molecule is Cc1c(-c2n(C(C)C)cc[n+]2C)cc(C(C)(C)C)cc1-[n+]1ccccc1C.Cc1cc(-c2cncn2C)c(C)c(-[n+]2cc3ccccc3cc2C)c1.Cc1cc(-c2n(C(C)C)cc[n+]2C)c(C)c(-[n+]2ccccc2C)c1.Cc1cc(C)c(-[n+]2cc3ccccc3cc2C)c(C)c1-c1cncn1C.[C-]#[N+]c1cc(-c2n(C(C)C)cc[n+]2C)c(C)c(-[n+]2ccccc2C)c1. The number of hydrogen-bond donors (Lipinski definition) is 0. The van der Waals surface area contributed by atoms with Crippen LogP contribution < -0.4 is 36.5 Å². The molecule has 0 spiro atoms. The van der Waals surface area contributed by atoms with E-state index in [1.807, 2.05) is 56.4 Å². The molecule has 17 aromatic rings. The highest BCUT2D eigenvalue weighted by molar-refractivity contribution is 5.83. The topological polar surface area (TPSA) is 85.8 Å². The van der Waals surface area contributed by atoms with Gasteiger partial charge in [0.15, 0.2) is 65.1 Å². The van der Waals surface area contributed by atoms with Crippen LogP contribution in [0.2, 0.25) is 0 Å². The van der Waals surface area contributed by atoms with E-state index in [-0.39, 0.29) is 5.41 Å². The number of imidazole rings is 5. The number of pyridine rings is 5. The first-order chi connectivity index (χ1) is 60.5. The van der Waals surface area contributed by atoms with Crippen LogP contribution in [0.5, 0.6) is 0 Å². The third-order valence-electron chi connectivity index (χ3n) is 24.9. The Morgan fingerprint density at radius 2 is 0.724 bits per heavy atom. The molecule has 0 aliphatic rings. The van der Waals surface area contributed by atoms with Gasteiger partial charge < -0.3 is 9.13 Å². The van der Waals surface area contributed by atoms with E-state index in [0.29, 0.717) is 23.8 Å². The van der Waals surface area contributed by atoms with Crippen molar-refractivity contribution < 1.29 is 36.5 Å². The zero-order valence-electron chi connectivity index (χ0n) is 80.2. The first-order valence-electron chi connectivity index (χ1n) is 44.4. The summed E-state index contributed by atoms with van der Waals surface area (Å²) in [5.74, 6) is 3.62. The summed E-state index contributed by atoms with van der Waals surface area (Å²) in [5.41, 5.74) is 34.1. The van der Waals surface area contributed by atoms with Crippen LogP contribution in [0, 0.1) is 104 Å². The molecule has 0 aliphatic heterocycles. The van der Waals surface area contributed by atoms with Gasteiger partial charge in [-0.2, -0.15) is 22.8 Å². The summed E-state index contributed by atoms with van der Waals surface area (Å²) in [6.07, 6.45) is 31.3. The van der Waals surface area contributed by atoms with E-state index in [2.05, 4.69) is 475 Å². The number of rotatable bonds is 13. The van der Waals surface area contributed by atoms with Crippen LogP contribution in [0.3, 0.4) is 0 Å². The fraction of sp³-hybridized carbons (Fsp3) is 0.288. The van der Waals surface area contributed by atoms with Crippen molar-refractivity contribution in [3.05, 3.63) is 359 Å². The first kappa shape index (κ1) is 91.1. The average molecular weight is 1690 g/mol. The maximum atomic E-state index is 7.54. The van der Waals surface area contributed by atoms with Gasteiger partial charge in [0.1, 0.15) is 37.2 Å². The monoisotopic (exact) mass is 1690 g/mol. The molecule has 0 fully saturated rings. The third-order valence-corrected chi connectivity index (χ3v) is 24.9. The maximum absolute atomic E-state index is 7.54. The van der Waals surface area contributed by atoms with Crippen molar-refractivity contribution in [2.45, 2.75) is 183 Å². The number of aryl methyl sites for hydroxylation is 14. The van der Waals surface area contributed by atoms with Gasteiger partial charge in [-0.15, -0.1) is 0 Å². The van der Waals surface area contributed by atoms with Gasteiger partial charge >= 0.3 is 0 Å². The molecule has 0 unspecified atom stereocenters. The van der Waals surface area contributed by atoms with Gasteiger partial charge in [0.25, 0.3) is 17.5 Å². The number of benzene rings is 7. The summed E-state index contributed by atoms with van der Waals surface area (Å²) in [7, 11) is 10.4. The average Bonchev–Trinajstić information content (AvgIpc) is 1.62. The lowest BCUT2D eigenvalue weighted by molar-refractivity contribution is -0.659. The highest BCUT2D eigenvalue weighted by Crippen LogP contribution is 2.38. The molecular weight excluding hydrogens is 1560 g/mol. The fourth-order valence-electron chi connectivity index (χ4n) is 17.9. The van der Waals surface area contributed by atoms with Gasteiger partial charge in [0.2, 0.25) is 28.4 Å². The zero-order valence-corrected chi connectivity index (χ0v) is 80.2. The van der Waals surface area contributed by atoms with Gasteiger partial charge in [0, 0.05) is 177 Å². The summed E-state index contributed by atoms with van der Waals surface area (Å²) in [4.78, 5) is 12.3. The van der Waals surface area contributed by atoms with E-state index < -0.39 is 0 Å². The van der Waals surface area contributed by atoms with Crippen LogP contribution in [0.1, 0.15) is 165 Å². The molecule has 0 atom stereocenters. The van der Waals surface area contributed by atoms with Crippen molar-refractivity contribution in [2.24, 2.45) is 35.2 Å². The molecule has 0 N–H and O–H groups in total. The van der Waals surface area contributed by atoms with Crippen molar-refractivity contribution >= 4 is 27.2 Å². The highest BCUT2D eigenvalue weighted by atomic mass is 15.2. The van der Waals surface area contributed by atoms with Crippen molar-refractivity contribution in [1.29, 1.82) is 0 Å². The van der Waals surface area contributed by atoms with E-state index in [4.69, 9.17) is 6.57 Å². The number of hydrogen-bond acceptors (Lipinski definition) is 2. The molecule has 0 radical (unpaired) electrons. The molecule has 0 bridgehead atoms. The summed E-state index contributed by atoms with van der Waals surface area (Å²) in [6, 6.07) is 61.6. The molecule has 10 aromatic heterocycles. The predicted molar refractivity (Wildman–Crippen MR) is 516 cm³/mol. The van der Waals surface area contributed by atoms with Gasteiger partial charge in [-0.3, -0.25) is 0 Å². The number of aromatic nitrogens is 15. The van der Waals surface area contributed by atoms with E-state index in [0.717, 1.165) is 34.2 Å². The second kappa shape index (κ2) is 38.0. The van der Waals surface area contributed by atoms with E-state index in [1.54, 1.807) is 0 Å². The minimum Gasteiger partial charge on any atom is -0.334 e. The van der Waals surface area contributed by atoms with Crippen LogP contribution >= 0.6 is 0 Å². The normalized spacial score (nSPS) is 11.4. The molecule has 0 saturated heterocycles. The summed E-state index contributed by atoms with van der Waals surface area (Å²) >= 11 is 0. The number of fused-ring (bicyclic) bond motifs is 2. The van der Waals surface area contributed by atoms with Gasteiger partial charge in [0.05, 0.1) is 99.0 Å². The lowest BCUT2D eigenvalue weighted by Gasteiger charge is -2.21. The fourth-order valence-corrected chi connectivity index (χ4v) is 17.9. The lowest BCUT2D eigenvalue weighted by atomic mass is 9.84. The summed E-state index contributed by atoms with van der Waals surface area (Å²) < 4.78 is 29.0. The Kier molecular flexibility index (Phi) is 27.3. The van der Waals surface area contributed by atoms with Crippen molar-refractivity contribution in [1.82, 2.24) is 32.8 Å². The lowest BCUT2D eigenvalue weighted by Crippen LogP contribution is -2.36. The van der Waals surface area contributed by atoms with Crippen molar-refractivity contribution in [3.63, 3.8) is 0 Å². The van der Waals surface area contributed by atoms with Crippen LogP contribution in [0.25, 0.3) is 112 Å². The smallest absolute Gasteiger partial charge is 0.289 e. The van der Waals surface area contributed by atoms with Crippen LogP contribution in [-0.2, 0) is 40.7 Å². The first-order valence-corrected chi connectivity index (χ1v) is 44.4. The molecule has 0 amide bonds. The standard InChI is InChI=1S/C24H33N3.C23H24N3.C22H22N3.C21H24N4.C21H27N3/c1-17(2)26-14-13-25(8)23(26)21-15-20(24(5,6)7)16-22(19(21)4)27-12-10-9-11-18(27)3;1-15-10-16(2)23(18(4)22(15)21-12-24-14-25(21)5)26-13-20-9-7-6-8-19(20)11-17(26)3;1-15-9-20(22-12-23-14-24(22)4)17(3)21(10-15)25-13-19-8-6-5-7-18(19)11-16(25)2;1-15(2)24-12-11-23(6)21(24)19-13-18(22-5)14-20(17(19)4)25-10-8-7-9-16(25)3;1-15(2)23-12-11-22(6)21(23)19-13-16(3)14-20(18(19)5)24-10-8-7-9-17(24)4/h9-17H,1-8H3;6-14H,1-5H3;5-14H,1-4H3;7-15H,1-4,6H3;7-15H,1-6H3/q+2;2*+1;2*+2. The van der Waals surface area contributed by atoms with Crippen LogP contribution in [-0.4, -0.2) is 32.8 Å². The molecule has 16 heteroatoms. The number of nitrogens with zero attached hydrogens (tertiary/aromatic N) is 16. The van der Waals surface area contributed by atoms with E-state index >= 15 is 0 Å². The van der Waals surface area contributed by atoms with Crippen molar-refractivity contribution in [3.8, 4) is 85.1 Å². The largest absolute Gasteiger partial charge is 0.334 e. The third kappa shape index (κ3) is 19.0. The highest BCUT2D eigenvalue weighted by Gasteiger charge is 2.33. The molecule has 127 heavy (non-hydrogen) atoms. The Balaban J connectivity index is 0.000000136. The van der Waals surface area contributed by atoms with Crippen LogP contribution in [0.4, 0.5) is 5.69 Å². The predicted octanol–water partition coefficient (Wildman–Crippen LogP) is 21.7. The molecule has 0 aliphatic carbocycles. The minimum absolute atomic E-state index is 0.0776. The van der Waals surface area contributed by atoms with Gasteiger partial charge in [-0.1, -0.05) is 75.4 Å². The maximum Gasteiger partial charge on any atom is 0.289 e. The Labute approximate surface area is 753 Å². The molecule has 7 aromatic carbocycles. The molecule has 16 nitrogen and oxygen atoms in total. The second-order valence-corrected chi connectivity index (χ2v) is 36.4. The Hall–Kier alpha value is -13.7.